The fourth-order valence-corrected chi connectivity index (χ4v) is 1.44. The van der Waals surface area contributed by atoms with Crippen LogP contribution < -0.4 is 10.5 Å². The zero-order valence-corrected chi connectivity index (χ0v) is 9.92. The number of rotatable bonds is 3. The minimum atomic E-state index is 0.383. The molecule has 88 valence electrons. The van der Waals surface area contributed by atoms with E-state index in [-0.39, 0.29) is 0 Å². The minimum Gasteiger partial charge on any atom is -0.438 e. The van der Waals surface area contributed by atoms with E-state index < -0.39 is 0 Å². The molecule has 0 aliphatic carbocycles. The highest BCUT2D eigenvalue weighted by molar-refractivity contribution is 5.34. The van der Waals surface area contributed by atoms with Crippen molar-refractivity contribution in [2.45, 2.75) is 19.8 Å². The van der Waals surface area contributed by atoms with Crippen LogP contribution in [0.4, 0.5) is 5.82 Å². The Kier molecular flexibility index (Phi) is 3.23. The summed E-state index contributed by atoms with van der Waals surface area (Å²) in [6.07, 6.45) is 0. The first kappa shape index (κ1) is 11.4. The summed E-state index contributed by atoms with van der Waals surface area (Å²) in [5.74, 6) is 2.06. The fourth-order valence-electron chi connectivity index (χ4n) is 1.44. The maximum atomic E-state index is 5.60. The smallest absolute Gasteiger partial charge is 0.238 e. The van der Waals surface area contributed by atoms with E-state index >= 15 is 0 Å². The highest BCUT2D eigenvalue weighted by atomic mass is 16.5. The zero-order valence-electron chi connectivity index (χ0n) is 9.92. The van der Waals surface area contributed by atoms with Gasteiger partial charge in [0.1, 0.15) is 11.6 Å². The van der Waals surface area contributed by atoms with E-state index in [4.69, 9.17) is 10.5 Å². The quantitative estimate of drug-likeness (QED) is 0.878. The van der Waals surface area contributed by atoms with Crippen LogP contribution in [-0.4, -0.2) is 10.2 Å². The van der Waals surface area contributed by atoms with Crippen molar-refractivity contribution in [3.05, 3.63) is 42.0 Å². The van der Waals surface area contributed by atoms with E-state index in [1.54, 1.807) is 12.1 Å². The third-order valence-corrected chi connectivity index (χ3v) is 2.41. The first-order chi connectivity index (χ1) is 8.15. The van der Waals surface area contributed by atoms with E-state index in [0.717, 1.165) is 5.75 Å². The van der Waals surface area contributed by atoms with Gasteiger partial charge in [-0.3, -0.25) is 0 Å². The lowest BCUT2D eigenvalue weighted by Gasteiger charge is -2.08. The summed E-state index contributed by atoms with van der Waals surface area (Å²) in [6.45, 7) is 4.28. The molecule has 0 unspecified atom stereocenters. The van der Waals surface area contributed by atoms with Crippen molar-refractivity contribution < 1.29 is 4.74 Å². The van der Waals surface area contributed by atoms with E-state index in [9.17, 15) is 0 Å². The first-order valence-electron chi connectivity index (χ1n) is 5.52. The molecule has 0 radical (unpaired) electrons. The Morgan fingerprint density at radius 3 is 2.59 bits per heavy atom. The summed E-state index contributed by atoms with van der Waals surface area (Å²) < 4.78 is 5.60. The Balaban J connectivity index is 2.18. The molecule has 2 N–H and O–H groups in total. The molecular weight excluding hydrogens is 214 g/mol. The predicted octanol–water partition coefficient (Wildman–Crippen LogP) is 2.97. The van der Waals surface area contributed by atoms with Crippen LogP contribution in [0, 0.1) is 0 Å². The van der Waals surface area contributed by atoms with E-state index in [0.29, 0.717) is 17.6 Å². The molecular formula is C13H15N3O. The van der Waals surface area contributed by atoms with Crippen LogP contribution in [0.1, 0.15) is 25.3 Å². The van der Waals surface area contributed by atoms with Crippen molar-refractivity contribution in [2.75, 3.05) is 5.73 Å². The SMILES string of the molecule is CC(C)c1cccc(Oc2ccc(N)nn2)c1. The molecule has 0 saturated heterocycles. The van der Waals surface area contributed by atoms with Gasteiger partial charge in [-0.25, -0.2) is 0 Å². The predicted molar refractivity (Wildman–Crippen MR) is 67.0 cm³/mol. The van der Waals surface area contributed by atoms with Crippen molar-refractivity contribution in [1.29, 1.82) is 0 Å². The standard InChI is InChI=1S/C13H15N3O/c1-9(2)10-4-3-5-11(8-10)17-13-7-6-12(14)15-16-13/h3-9H,1-2H3,(H2,14,15). The van der Waals surface area contributed by atoms with Crippen LogP contribution in [-0.2, 0) is 0 Å². The zero-order chi connectivity index (χ0) is 12.3. The van der Waals surface area contributed by atoms with Crippen molar-refractivity contribution in [3.8, 4) is 11.6 Å². The summed E-state index contributed by atoms with van der Waals surface area (Å²) in [4.78, 5) is 0. The average molecular weight is 229 g/mol. The van der Waals surface area contributed by atoms with Crippen LogP contribution in [0.2, 0.25) is 0 Å². The van der Waals surface area contributed by atoms with Crippen molar-refractivity contribution in [2.24, 2.45) is 0 Å². The third-order valence-electron chi connectivity index (χ3n) is 2.41. The van der Waals surface area contributed by atoms with Gasteiger partial charge in [0.2, 0.25) is 5.88 Å². The van der Waals surface area contributed by atoms with Crippen molar-refractivity contribution in [1.82, 2.24) is 10.2 Å². The number of nitrogens with two attached hydrogens (primary N) is 1. The molecule has 4 heteroatoms. The number of nitrogen functional groups attached to an aromatic ring is 1. The summed E-state index contributed by atoms with van der Waals surface area (Å²) in [5.41, 5.74) is 6.68. The molecule has 1 heterocycles. The normalized spacial score (nSPS) is 10.5. The number of anilines is 1. The molecule has 1 aromatic carbocycles. The maximum absolute atomic E-state index is 5.60. The van der Waals surface area contributed by atoms with Gasteiger partial charge in [0.15, 0.2) is 0 Å². The number of aromatic nitrogens is 2. The number of ether oxygens (including phenoxy) is 1. The Labute approximate surface area is 100 Å². The Hall–Kier alpha value is -2.10. The van der Waals surface area contributed by atoms with Gasteiger partial charge < -0.3 is 10.5 Å². The van der Waals surface area contributed by atoms with Gasteiger partial charge in [-0.2, -0.15) is 0 Å². The van der Waals surface area contributed by atoms with Gasteiger partial charge in [-0.15, -0.1) is 10.2 Å². The van der Waals surface area contributed by atoms with E-state index in [2.05, 4.69) is 30.1 Å². The summed E-state index contributed by atoms with van der Waals surface area (Å²) >= 11 is 0. The monoisotopic (exact) mass is 229 g/mol. The second kappa shape index (κ2) is 4.82. The van der Waals surface area contributed by atoms with Crippen molar-refractivity contribution in [3.63, 3.8) is 0 Å². The molecule has 0 atom stereocenters. The van der Waals surface area contributed by atoms with Gasteiger partial charge in [0.05, 0.1) is 0 Å². The molecule has 4 nitrogen and oxygen atoms in total. The van der Waals surface area contributed by atoms with Crippen molar-refractivity contribution >= 4 is 5.82 Å². The highest BCUT2D eigenvalue weighted by Gasteiger charge is 2.03. The lowest BCUT2D eigenvalue weighted by molar-refractivity contribution is 0.455. The van der Waals surface area contributed by atoms with Gasteiger partial charge in [-0.05, 0) is 29.7 Å². The minimum absolute atomic E-state index is 0.383. The first-order valence-corrected chi connectivity index (χ1v) is 5.52. The summed E-state index contributed by atoms with van der Waals surface area (Å²) in [7, 11) is 0. The van der Waals surface area contributed by atoms with Gasteiger partial charge in [0, 0.05) is 6.07 Å². The maximum Gasteiger partial charge on any atom is 0.238 e. The largest absolute Gasteiger partial charge is 0.438 e. The second-order valence-electron chi connectivity index (χ2n) is 4.13. The Morgan fingerprint density at radius 2 is 1.94 bits per heavy atom. The number of hydrogen-bond acceptors (Lipinski definition) is 4. The van der Waals surface area contributed by atoms with E-state index in [1.807, 2.05) is 18.2 Å². The lowest BCUT2D eigenvalue weighted by atomic mass is 10.0. The molecule has 0 fully saturated rings. The second-order valence-corrected chi connectivity index (χ2v) is 4.13. The molecule has 0 aliphatic rings. The third kappa shape index (κ3) is 2.93. The molecule has 1 aromatic heterocycles. The number of benzene rings is 1. The fraction of sp³-hybridized carbons (Fsp3) is 0.231. The van der Waals surface area contributed by atoms with Crippen LogP contribution >= 0.6 is 0 Å². The summed E-state index contributed by atoms with van der Waals surface area (Å²) in [5, 5.41) is 7.59. The van der Waals surface area contributed by atoms with Gasteiger partial charge in [0.25, 0.3) is 0 Å². The molecule has 0 spiro atoms. The number of nitrogens with zero attached hydrogens (tertiary/aromatic N) is 2. The van der Waals surface area contributed by atoms with Crippen LogP contribution in [0.5, 0.6) is 11.6 Å². The van der Waals surface area contributed by atoms with Crippen LogP contribution in [0.3, 0.4) is 0 Å². The Morgan fingerprint density at radius 1 is 1.12 bits per heavy atom. The van der Waals surface area contributed by atoms with Crippen LogP contribution in [0.15, 0.2) is 36.4 Å². The summed E-state index contributed by atoms with van der Waals surface area (Å²) in [6, 6.07) is 11.3. The van der Waals surface area contributed by atoms with E-state index in [1.165, 1.54) is 5.56 Å². The molecule has 2 aromatic rings. The van der Waals surface area contributed by atoms with Crippen LogP contribution in [0.25, 0.3) is 0 Å². The van der Waals surface area contributed by atoms with Gasteiger partial charge >= 0.3 is 0 Å². The average Bonchev–Trinajstić information content (AvgIpc) is 2.32. The lowest BCUT2D eigenvalue weighted by Crippen LogP contribution is -1.95. The molecule has 17 heavy (non-hydrogen) atoms. The number of hydrogen-bond donors (Lipinski definition) is 1. The highest BCUT2D eigenvalue weighted by Crippen LogP contribution is 2.23. The Bertz CT molecular complexity index is 494. The molecule has 0 amide bonds. The molecule has 0 aliphatic heterocycles. The molecule has 0 bridgehead atoms. The molecule has 0 saturated carbocycles. The molecule has 2 rings (SSSR count). The topological polar surface area (TPSA) is 61.0 Å². The van der Waals surface area contributed by atoms with Gasteiger partial charge in [-0.1, -0.05) is 26.0 Å².